The van der Waals surface area contributed by atoms with Crippen LogP contribution in [0.1, 0.15) is 18.1 Å². The van der Waals surface area contributed by atoms with E-state index in [0.29, 0.717) is 35.0 Å². The molecular formula is C24H23N3O2S2. The predicted molar refractivity (Wildman–Crippen MR) is 128 cm³/mol. The number of hydrogen-bond donors (Lipinski definition) is 0. The highest BCUT2D eigenvalue weighted by molar-refractivity contribution is 7.99. The molecule has 0 bridgehead atoms. The summed E-state index contributed by atoms with van der Waals surface area (Å²) in [5, 5.41) is 2.45. The summed E-state index contributed by atoms with van der Waals surface area (Å²) in [6.45, 7) is 3.61. The van der Waals surface area contributed by atoms with Crippen molar-refractivity contribution in [1.82, 2.24) is 14.5 Å². The van der Waals surface area contributed by atoms with E-state index in [1.807, 2.05) is 83.9 Å². The molecule has 0 saturated heterocycles. The average Bonchev–Trinajstić information content (AvgIpc) is 3.28. The van der Waals surface area contributed by atoms with Crippen molar-refractivity contribution in [1.29, 1.82) is 0 Å². The first-order valence-electron chi connectivity index (χ1n) is 10.1. The molecule has 2 aromatic heterocycles. The van der Waals surface area contributed by atoms with E-state index in [9.17, 15) is 9.59 Å². The predicted octanol–water partition coefficient (Wildman–Crippen LogP) is 4.65. The molecule has 4 rings (SSSR count). The van der Waals surface area contributed by atoms with Crippen LogP contribution in [0, 0.1) is 0 Å². The molecule has 0 fully saturated rings. The molecule has 2 heterocycles. The van der Waals surface area contributed by atoms with Gasteiger partial charge in [0.05, 0.1) is 17.8 Å². The lowest BCUT2D eigenvalue weighted by Gasteiger charge is -2.21. The van der Waals surface area contributed by atoms with Crippen LogP contribution in [0.3, 0.4) is 0 Å². The Morgan fingerprint density at radius 1 is 1.03 bits per heavy atom. The Morgan fingerprint density at radius 3 is 2.39 bits per heavy atom. The van der Waals surface area contributed by atoms with Gasteiger partial charge in [-0.2, -0.15) is 0 Å². The van der Waals surface area contributed by atoms with Crippen molar-refractivity contribution in [2.45, 2.75) is 25.2 Å². The summed E-state index contributed by atoms with van der Waals surface area (Å²) in [6.07, 6.45) is 0. The largest absolute Gasteiger partial charge is 0.338 e. The third-order valence-electron chi connectivity index (χ3n) is 4.99. The van der Waals surface area contributed by atoms with Crippen molar-refractivity contribution >= 4 is 39.2 Å². The fraction of sp³-hybridized carbons (Fsp3) is 0.208. The topological polar surface area (TPSA) is 55.2 Å². The second-order valence-electron chi connectivity index (χ2n) is 7.09. The third kappa shape index (κ3) is 5.06. The standard InChI is InChI=1S/C24H23N3O2S2/c1-2-26(15-18-9-5-3-6-10-18)21(28)17-31-24-25-20-13-14-30-22(20)23(29)27(24)16-19-11-7-4-8-12-19/h3-14H,2,15-17H2,1H3. The first kappa shape index (κ1) is 21.3. The number of nitrogens with zero attached hydrogens (tertiary/aromatic N) is 3. The van der Waals surface area contributed by atoms with Gasteiger partial charge in [0, 0.05) is 13.1 Å². The van der Waals surface area contributed by atoms with Crippen molar-refractivity contribution in [3.05, 3.63) is 93.6 Å². The summed E-state index contributed by atoms with van der Waals surface area (Å²) >= 11 is 2.73. The number of thiophene rings is 1. The first-order chi connectivity index (χ1) is 15.2. The Balaban J connectivity index is 1.56. The molecule has 1 amide bonds. The quantitative estimate of drug-likeness (QED) is 0.290. The van der Waals surface area contributed by atoms with Crippen LogP contribution >= 0.6 is 23.1 Å². The lowest BCUT2D eigenvalue weighted by molar-refractivity contribution is -0.128. The Bertz CT molecular complexity index is 1220. The van der Waals surface area contributed by atoms with E-state index in [2.05, 4.69) is 0 Å². The number of fused-ring (bicyclic) bond motifs is 1. The van der Waals surface area contributed by atoms with E-state index < -0.39 is 0 Å². The third-order valence-corrected chi connectivity index (χ3v) is 6.84. The van der Waals surface area contributed by atoms with Crippen LogP contribution in [0.5, 0.6) is 0 Å². The highest BCUT2D eigenvalue weighted by Crippen LogP contribution is 2.22. The number of carbonyl (C=O) groups is 1. The molecule has 0 atom stereocenters. The summed E-state index contributed by atoms with van der Waals surface area (Å²) in [4.78, 5) is 32.6. The van der Waals surface area contributed by atoms with Crippen LogP contribution in [-0.2, 0) is 17.9 Å². The minimum Gasteiger partial charge on any atom is -0.338 e. The summed E-state index contributed by atoms with van der Waals surface area (Å²) in [5.41, 5.74) is 2.75. The minimum absolute atomic E-state index is 0.0299. The van der Waals surface area contributed by atoms with Crippen molar-refractivity contribution < 1.29 is 4.79 Å². The highest BCUT2D eigenvalue weighted by Gasteiger charge is 2.17. The van der Waals surface area contributed by atoms with Gasteiger partial charge in [-0.05, 0) is 29.5 Å². The van der Waals surface area contributed by atoms with E-state index in [0.717, 1.165) is 11.1 Å². The molecule has 0 radical (unpaired) electrons. The average molecular weight is 450 g/mol. The molecule has 158 valence electrons. The second kappa shape index (κ2) is 9.94. The Labute approximate surface area is 189 Å². The van der Waals surface area contributed by atoms with Gasteiger partial charge in [-0.15, -0.1) is 11.3 Å². The summed E-state index contributed by atoms with van der Waals surface area (Å²) < 4.78 is 2.32. The molecule has 0 aliphatic rings. The van der Waals surface area contributed by atoms with Crippen LogP contribution in [0.25, 0.3) is 10.2 Å². The van der Waals surface area contributed by atoms with Crippen LogP contribution < -0.4 is 5.56 Å². The smallest absolute Gasteiger partial charge is 0.272 e. The molecule has 0 saturated carbocycles. The van der Waals surface area contributed by atoms with Crippen molar-refractivity contribution in [2.75, 3.05) is 12.3 Å². The van der Waals surface area contributed by atoms with Crippen LogP contribution in [0.4, 0.5) is 0 Å². The molecule has 0 aliphatic carbocycles. The van der Waals surface area contributed by atoms with Crippen molar-refractivity contribution in [3.63, 3.8) is 0 Å². The van der Waals surface area contributed by atoms with Gasteiger partial charge in [-0.3, -0.25) is 14.2 Å². The minimum atomic E-state index is -0.0598. The van der Waals surface area contributed by atoms with Crippen LogP contribution in [-0.4, -0.2) is 32.7 Å². The van der Waals surface area contributed by atoms with Crippen molar-refractivity contribution in [2.24, 2.45) is 0 Å². The SMILES string of the molecule is CCN(Cc1ccccc1)C(=O)CSc1nc2ccsc2c(=O)n1Cc1ccccc1. The molecule has 4 aromatic rings. The van der Waals surface area contributed by atoms with Crippen LogP contribution in [0.2, 0.25) is 0 Å². The molecule has 0 unspecified atom stereocenters. The van der Waals surface area contributed by atoms with Gasteiger partial charge in [0.25, 0.3) is 5.56 Å². The zero-order valence-electron chi connectivity index (χ0n) is 17.2. The molecular weight excluding hydrogens is 426 g/mol. The lowest BCUT2D eigenvalue weighted by atomic mass is 10.2. The number of thioether (sulfide) groups is 1. The van der Waals surface area contributed by atoms with E-state index in [-0.39, 0.29) is 17.2 Å². The van der Waals surface area contributed by atoms with E-state index in [1.54, 1.807) is 4.57 Å². The molecule has 0 N–H and O–H groups in total. The van der Waals surface area contributed by atoms with Crippen LogP contribution in [0.15, 0.2) is 82.1 Å². The van der Waals surface area contributed by atoms with Crippen molar-refractivity contribution in [3.8, 4) is 0 Å². The molecule has 5 nitrogen and oxygen atoms in total. The Morgan fingerprint density at radius 2 is 1.71 bits per heavy atom. The molecule has 31 heavy (non-hydrogen) atoms. The monoisotopic (exact) mass is 449 g/mol. The van der Waals surface area contributed by atoms with Gasteiger partial charge >= 0.3 is 0 Å². The maximum absolute atomic E-state index is 13.1. The highest BCUT2D eigenvalue weighted by atomic mass is 32.2. The van der Waals surface area contributed by atoms with E-state index in [4.69, 9.17) is 4.98 Å². The van der Waals surface area contributed by atoms with E-state index >= 15 is 0 Å². The lowest BCUT2D eigenvalue weighted by Crippen LogP contribution is -2.32. The first-order valence-corrected chi connectivity index (χ1v) is 12.0. The molecule has 0 aliphatic heterocycles. The number of amides is 1. The fourth-order valence-electron chi connectivity index (χ4n) is 3.34. The summed E-state index contributed by atoms with van der Waals surface area (Å²) in [7, 11) is 0. The molecule has 0 spiro atoms. The molecule has 7 heteroatoms. The van der Waals surface area contributed by atoms with Gasteiger partial charge < -0.3 is 4.90 Å². The van der Waals surface area contributed by atoms with Gasteiger partial charge in [-0.25, -0.2) is 4.98 Å². The Kier molecular flexibility index (Phi) is 6.84. The number of benzene rings is 2. The maximum Gasteiger partial charge on any atom is 0.272 e. The van der Waals surface area contributed by atoms with Gasteiger partial charge in [0.2, 0.25) is 5.91 Å². The summed E-state index contributed by atoms with van der Waals surface area (Å²) in [6, 6.07) is 21.7. The maximum atomic E-state index is 13.1. The fourth-order valence-corrected chi connectivity index (χ4v) is 5.02. The second-order valence-corrected chi connectivity index (χ2v) is 8.95. The number of aromatic nitrogens is 2. The zero-order chi connectivity index (χ0) is 21.6. The summed E-state index contributed by atoms with van der Waals surface area (Å²) in [5.74, 6) is 0.264. The number of hydrogen-bond acceptors (Lipinski definition) is 5. The Hall–Kier alpha value is -2.90. The van der Waals surface area contributed by atoms with E-state index in [1.165, 1.54) is 23.1 Å². The number of carbonyl (C=O) groups excluding carboxylic acids is 1. The normalized spacial score (nSPS) is 11.0. The molecule has 2 aromatic carbocycles. The van der Waals surface area contributed by atoms with Gasteiger partial charge in [0.15, 0.2) is 5.16 Å². The number of rotatable bonds is 8. The van der Waals surface area contributed by atoms with Gasteiger partial charge in [-0.1, -0.05) is 72.4 Å². The zero-order valence-corrected chi connectivity index (χ0v) is 18.9. The van der Waals surface area contributed by atoms with Gasteiger partial charge in [0.1, 0.15) is 4.70 Å².